The zero-order valence-electron chi connectivity index (χ0n) is 16.9. The molecule has 2 N–H and O–H groups in total. The molecule has 11 heteroatoms. The first kappa shape index (κ1) is 23.2. The summed E-state index contributed by atoms with van der Waals surface area (Å²) in [5.74, 6) is -3.92. The third kappa shape index (κ3) is 5.41. The van der Waals surface area contributed by atoms with Crippen molar-refractivity contribution in [3.63, 3.8) is 0 Å². The van der Waals surface area contributed by atoms with Gasteiger partial charge in [0.05, 0.1) is 28.7 Å². The third-order valence-electron chi connectivity index (χ3n) is 5.04. The number of carbonyl (C=O) groups is 3. The molecule has 0 fully saturated rings. The number of rotatable bonds is 7. The molecule has 0 radical (unpaired) electrons. The van der Waals surface area contributed by atoms with E-state index in [9.17, 15) is 27.2 Å². The fraction of sp³-hybridized carbons (Fsp3) is 0.400. The molecule has 8 nitrogen and oxygen atoms in total. The number of Topliss-reactive ketones (excluding diaryl/α,β-unsaturated/α-hetero) is 2. The van der Waals surface area contributed by atoms with Crippen molar-refractivity contribution in [3.8, 4) is 0 Å². The smallest absolute Gasteiger partial charge is 0.288 e. The number of nitrogens with zero attached hydrogens (tertiary/aromatic N) is 1. The van der Waals surface area contributed by atoms with Crippen LogP contribution in [0.4, 0.5) is 4.39 Å². The normalized spacial score (nSPS) is 18.1. The van der Waals surface area contributed by atoms with Crippen LogP contribution in [0.5, 0.6) is 0 Å². The van der Waals surface area contributed by atoms with Gasteiger partial charge in [-0.25, -0.2) is 22.5 Å². The van der Waals surface area contributed by atoms with Crippen LogP contribution in [0.2, 0.25) is 0 Å². The van der Waals surface area contributed by atoms with Crippen LogP contribution >= 0.6 is 11.3 Å². The Morgan fingerprint density at radius 2 is 1.97 bits per heavy atom. The van der Waals surface area contributed by atoms with E-state index < -0.39 is 51.2 Å². The minimum Gasteiger partial charge on any atom is -0.344 e. The molecule has 2 heterocycles. The number of nitrogens with one attached hydrogen (secondary N) is 2. The molecule has 1 aliphatic rings. The van der Waals surface area contributed by atoms with Gasteiger partial charge in [0.15, 0.2) is 5.78 Å². The lowest BCUT2D eigenvalue weighted by Crippen LogP contribution is -2.46. The van der Waals surface area contributed by atoms with E-state index in [2.05, 4.69) is 15.0 Å². The Hall–Kier alpha value is -2.50. The minimum absolute atomic E-state index is 0.149. The van der Waals surface area contributed by atoms with E-state index in [1.807, 2.05) is 0 Å². The molecule has 3 rings (SSSR count). The van der Waals surface area contributed by atoms with Crippen LogP contribution in [0.25, 0.3) is 0 Å². The molecule has 0 saturated heterocycles. The van der Waals surface area contributed by atoms with Crippen molar-refractivity contribution in [2.75, 3.05) is 0 Å². The van der Waals surface area contributed by atoms with Gasteiger partial charge in [-0.15, -0.1) is 11.3 Å². The highest BCUT2D eigenvalue weighted by Gasteiger charge is 2.35. The first-order chi connectivity index (χ1) is 14.6. The van der Waals surface area contributed by atoms with Crippen molar-refractivity contribution in [2.45, 2.75) is 44.2 Å². The molecule has 0 aliphatic carbocycles. The van der Waals surface area contributed by atoms with E-state index in [1.165, 1.54) is 11.3 Å². The average Bonchev–Trinajstić information content (AvgIpc) is 3.15. The Balaban J connectivity index is 1.80. The van der Waals surface area contributed by atoms with Gasteiger partial charge in [-0.3, -0.25) is 14.4 Å². The summed E-state index contributed by atoms with van der Waals surface area (Å²) >= 11 is 1.34. The summed E-state index contributed by atoms with van der Waals surface area (Å²) in [7, 11) is -4.09. The summed E-state index contributed by atoms with van der Waals surface area (Å²) in [6.07, 6.45) is -0.105. The molecule has 2 atom stereocenters. The Bertz CT molecular complexity index is 1100. The number of sulfonamides is 1. The van der Waals surface area contributed by atoms with Crippen molar-refractivity contribution >= 4 is 38.8 Å². The van der Waals surface area contributed by atoms with Gasteiger partial charge in [-0.2, -0.15) is 0 Å². The van der Waals surface area contributed by atoms with E-state index in [0.717, 1.165) is 29.1 Å². The lowest BCUT2D eigenvalue weighted by Gasteiger charge is -2.24. The fourth-order valence-corrected chi connectivity index (χ4v) is 5.55. The van der Waals surface area contributed by atoms with Crippen LogP contribution in [0.1, 0.15) is 30.8 Å². The summed E-state index contributed by atoms with van der Waals surface area (Å²) in [4.78, 5) is 42.5. The molecule has 1 aromatic carbocycles. The quantitative estimate of drug-likeness (QED) is 0.597. The minimum atomic E-state index is -4.09. The number of ketones is 2. The van der Waals surface area contributed by atoms with Crippen molar-refractivity contribution in [1.29, 1.82) is 0 Å². The van der Waals surface area contributed by atoms with Crippen LogP contribution in [0, 0.1) is 17.7 Å². The number of fused-ring (bicyclic) bond motifs is 1. The van der Waals surface area contributed by atoms with Crippen molar-refractivity contribution in [2.24, 2.45) is 11.8 Å². The Morgan fingerprint density at radius 3 is 2.61 bits per heavy atom. The molecule has 2 aromatic rings. The molecule has 166 valence electrons. The fourth-order valence-electron chi connectivity index (χ4n) is 3.31. The maximum absolute atomic E-state index is 13.1. The standard InChI is InChI=1S/C20H22FN3O5S2/c1-11(2)18(24-31(28,29)14-5-3-13(21)4-6-14)16(25)7-12-8-17-15(23-10-30-17)9-22-20(27)19(12)26/h3-6,10-12,18,24H,7-9H2,1-2H3,(H,22,27). The number of thiazole rings is 1. The van der Waals surface area contributed by atoms with Gasteiger partial charge >= 0.3 is 0 Å². The van der Waals surface area contributed by atoms with Crippen molar-refractivity contribution in [3.05, 3.63) is 46.2 Å². The summed E-state index contributed by atoms with van der Waals surface area (Å²) < 4.78 is 40.8. The van der Waals surface area contributed by atoms with E-state index >= 15 is 0 Å². The number of halogens is 1. The number of amides is 1. The van der Waals surface area contributed by atoms with Crippen molar-refractivity contribution in [1.82, 2.24) is 15.0 Å². The second-order valence-corrected chi connectivity index (χ2v) is 10.3. The van der Waals surface area contributed by atoms with Crippen LogP contribution in [0.3, 0.4) is 0 Å². The highest BCUT2D eigenvalue weighted by Crippen LogP contribution is 2.24. The first-order valence-electron chi connectivity index (χ1n) is 9.62. The molecule has 2 unspecified atom stereocenters. The monoisotopic (exact) mass is 467 g/mol. The zero-order chi connectivity index (χ0) is 22.8. The van der Waals surface area contributed by atoms with Gasteiger partial charge in [0, 0.05) is 17.2 Å². The highest BCUT2D eigenvalue weighted by molar-refractivity contribution is 7.89. The number of aromatic nitrogens is 1. The van der Waals surface area contributed by atoms with Crippen LogP contribution in [-0.2, 0) is 37.4 Å². The van der Waals surface area contributed by atoms with Gasteiger partial charge in [0.25, 0.3) is 5.91 Å². The molecule has 0 bridgehead atoms. The predicted molar refractivity (Wildman–Crippen MR) is 111 cm³/mol. The second-order valence-electron chi connectivity index (χ2n) is 7.64. The molecular weight excluding hydrogens is 445 g/mol. The number of carbonyl (C=O) groups excluding carboxylic acids is 3. The topological polar surface area (TPSA) is 122 Å². The van der Waals surface area contributed by atoms with Crippen LogP contribution in [0.15, 0.2) is 34.7 Å². The molecule has 1 amide bonds. The lowest BCUT2D eigenvalue weighted by atomic mass is 9.87. The Morgan fingerprint density at radius 1 is 1.29 bits per heavy atom. The van der Waals surface area contributed by atoms with Gasteiger partial charge in [-0.05, 0) is 36.6 Å². The average molecular weight is 468 g/mol. The zero-order valence-corrected chi connectivity index (χ0v) is 18.6. The van der Waals surface area contributed by atoms with Crippen molar-refractivity contribution < 1.29 is 27.2 Å². The Kier molecular flexibility index (Phi) is 6.97. The maximum Gasteiger partial charge on any atom is 0.288 e. The van der Waals surface area contributed by atoms with E-state index in [1.54, 1.807) is 19.4 Å². The van der Waals surface area contributed by atoms with Crippen LogP contribution < -0.4 is 10.0 Å². The van der Waals surface area contributed by atoms with E-state index in [4.69, 9.17) is 0 Å². The largest absolute Gasteiger partial charge is 0.344 e. The summed E-state index contributed by atoms with van der Waals surface area (Å²) in [6.45, 7) is 3.49. The SMILES string of the molecule is CC(C)C(NS(=O)(=O)c1ccc(F)cc1)C(=O)CC1Cc2scnc2CNC(=O)C1=O. The van der Waals surface area contributed by atoms with Crippen LogP contribution in [-0.4, -0.2) is 36.9 Å². The molecule has 0 spiro atoms. The maximum atomic E-state index is 13.1. The number of hydrogen-bond acceptors (Lipinski definition) is 7. The van der Waals surface area contributed by atoms with E-state index in [-0.39, 0.29) is 24.3 Å². The lowest BCUT2D eigenvalue weighted by molar-refractivity contribution is -0.141. The molecule has 31 heavy (non-hydrogen) atoms. The molecule has 1 aromatic heterocycles. The van der Waals surface area contributed by atoms with Gasteiger partial charge in [-0.1, -0.05) is 13.8 Å². The van der Waals surface area contributed by atoms with E-state index in [0.29, 0.717) is 5.69 Å². The number of hydrogen-bond donors (Lipinski definition) is 2. The Labute approximate surface area is 183 Å². The van der Waals surface area contributed by atoms with Gasteiger partial charge in [0.1, 0.15) is 5.82 Å². The molecular formula is C20H22FN3O5S2. The molecule has 1 aliphatic heterocycles. The summed E-state index contributed by atoms with van der Waals surface area (Å²) in [5.41, 5.74) is 2.26. The number of benzene rings is 1. The summed E-state index contributed by atoms with van der Waals surface area (Å²) in [5, 5.41) is 2.50. The summed E-state index contributed by atoms with van der Waals surface area (Å²) in [6, 6.07) is 3.12. The second kappa shape index (κ2) is 9.33. The predicted octanol–water partition coefficient (Wildman–Crippen LogP) is 1.60. The van der Waals surface area contributed by atoms with Gasteiger partial charge in [0.2, 0.25) is 15.8 Å². The van der Waals surface area contributed by atoms with Gasteiger partial charge < -0.3 is 5.32 Å². The molecule has 0 saturated carbocycles. The first-order valence-corrected chi connectivity index (χ1v) is 12.0. The highest BCUT2D eigenvalue weighted by atomic mass is 32.2. The third-order valence-corrected chi connectivity index (χ3v) is 7.39.